The molecule has 2 rings (SSSR count). The number of alkyl halides is 6. The quantitative estimate of drug-likeness (QED) is 0.549. The number of hydrogen-bond donors (Lipinski definition) is 2. The molecule has 0 atom stereocenters. The predicted octanol–water partition coefficient (Wildman–Crippen LogP) is 5.10. The molecule has 0 aliphatic carbocycles. The highest BCUT2D eigenvalue weighted by Gasteiger charge is 2.40. The van der Waals surface area contributed by atoms with Crippen molar-refractivity contribution in [1.82, 2.24) is 0 Å². The molecule has 0 fully saturated rings. The number of halogens is 6. The van der Waals surface area contributed by atoms with Crippen molar-refractivity contribution >= 4 is 34.6 Å². The van der Waals surface area contributed by atoms with E-state index in [4.69, 9.17) is 0 Å². The molecular weight excluding hydrogens is 394 g/mol. The summed E-state index contributed by atoms with van der Waals surface area (Å²) in [5.74, 6) is -4.71. The van der Waals surface area contributed by atoms with Gasteiger partial charge in [-0.15, -0.1) is 5.11 Å². The van der Waals surface area contributed by atoms with Crippen molar-refractivity contribution in [2.45, 2.75) is 12.4 Å². The second-order valence-electron chi connectivity index (χ2n) is 5.17. The number of nitrogens with zero attached hydrogens (tertiary/aromatic N) is 2. The fourth-order valence-corrected chi connectivity index (χ4v) is 1.80. The predicted molar refractivity (Wildman–Crippen MR) is 86.4 cm³/mol. The van der Waals surface area contributed by atoms with Gasteiger partial charge in [-0.2, -0.15) is 31.5 Å². The average molecular weight is 404 g/mol. The number of benzene rings is 2. The molecule has 0 unspecified atom stereocenters. The lowest BCUT2D eigenvalue weighted by Crippen LogP contribution is -2.31. The van der Waals surface area contributed by atoms with Gasteiger partial charge in [0, 0.05) is 5.69 Å². The summed E-state index contributed by atoms with van der Waals surface area (Å²) in [5.41, 5.74) is -1.03. The van der Waals surface area contributed by atoms with E-state index in [1.54, 1.807) is 18.2 Å². The summed E-state index contributed by atoms with van der Waals surface area (Å²) in [7, 11) is 0. The third-order valence-electron chi connectivity index (χ3n) is 3.05. The largest absolute Gasteiger partial charge is 0.471 e. The molecule has 0 saturated carbocycles. The van der Waals surface area contributed by atoms with E-state index in [0.29, 0.717) is 11.8 Å². The molecule has 0 heterocycles. The number of carbonyl (C=O) groups is 2. The van der Waals surface area contributed by atoms with Crippen molar-refractivity contribution in [3.05, 3.63) is 48.5 Å². The van der Waals surface area contributed by atoms with Gasteiger partial charge in [0.25, 0.3) is 0 Å². The van der Waals surface area contributed by atoms with Crippen LogP contribution in [-0.4, -0.2) is 24.2 Å². The van der Waals surface area contributed by atoms with Crippen molar-refractivity contribution in [1.29, 1.82) is 0 Å². The minimum atomic E-state index is -5.25. The van der Waals surface area contributed by atoms with Gasteiger partial charge in [0.1, 0.15) is 5.69 Å². The molecule has 28 heavy (non-hydrogen) atoms. The van der Waals surface area contributed by atoms with E-state index in [1.165, 1.54) is 22.8 Å². The Labute approximate surface area is 153 Å². The lowest BCUT2D eigenvalue weighted by Gasteiger charge is -2.13. The Balaban J connectivity index is 2.36. The topological polar surface area (TPSA) is 82.9 Å². The molecule has 6 nitrogen and oxygen atoms in total. The lowest BCUT2D eigenvalue weighted by molar-refractivity contribution is -0.167. The van der Waals surface area contributed by atoms with Gasteiger partial charge in [0.2, 0.25) is 0 Å². The van der Waals surface area contributed by atoms with Crippen LogP contribution in [0.15, 0.2) is 58.8 Å². The number of amides is 2. The lowest BCUT2D eigenvalue weighted by atomic mass is 10.2. The van der Waals surface area contributed by atoms with E-state index in [9.17, 15) is 35.9 Å². The molecule has 0 saturated heterocycles. The molecule has 0 spiro atoms. The van der Waals surface area contributed by atoms with Gasteiger partial charge in [-0.3, -0.25) is 9.59 Å². The van der Waals surface area contributed by atoms with Crippen LogP contribution in [0.5, 0.6) is 0 Å². The van der Waals surface area contributed by atoms with E-state index < -0.39 is 35.5 Å². The monoisotopic (exact) mass is 404 g/mol. The van der Waals surface area contributed by atoms with Crippen LogP contribution < -0.4 is 10.6 Å². The first-order valence-corrected chi connectivity index (χ1v) is 7.34. The van der Waals surface area contributed by atoms with Crippen LogP contribution in [-0.2, 0) is 9.59 Å². The number of azo groups is 1. The van der Waals surface area contributed by atoms with Crippen LogP contribution in [0.2, 0.25) is 0 Å². The molecule has 0 bridgehead atoms. The SMILES string of the molecule is O=C(Nc1ccc(N=Nc2ccccc2)c(NC(=O)C(F)(F)F)c1)C(F)(F)F. The minimum Gasteiger partial charge on any atom is -0.318 e. The Morgan fingerprint density at radius 2 is 1.32 bits per heavy atom. The van der Waals surface area contributed by atoms with Crippen LogP contribution in [0.4, 0.5) is 49.1 Å². The fourth-order valence-electron chi connectivity index (χ4n) is 1.80. The van der Waals surface area contributed by atoms with Gasteiger partial charge in [0.05, 0.1) is 11.4 Å². The maximum absolute atomic E-state index is 12.5. The normalized spacial score (nSPS) is 12.1. The second-order valence-corrected chi connectivity index (χ2v) is 5.17. The molecule has 2 aromatic carbocycles. The van der Waals surface area contributed by atoms with Crippen LogP contribution in [0, 0.1) is 0 Å². The zero-order chi connectivity index (χ0) is 20.9. The Bertz CT molecular complexity index is 894. The zero-order valence-corrected chi connectivity index (χ0v) is 13.6. The number of hydrogen-bond acceptors (Lipinski definition) is 4. The van der Waals surface area contributed by atoms with Crippen LogP contribution in [0.3, 0.4) is 0 Å². The zero-order valence-electron chi connectivity index (χ0n) is 13.6. The smallest absolute Gasteiger partial charge is 0.318 e. The summed E-state index contributed by atoms with van der Waals surface area (Å²) in [6, 6.07) is 10.7. The van der Waals surface area contributed by atoms with Gasteiger partial charge in [-0.05, 0) is 30.3 Å². The highest BCUT2D eigenvalue weighted by molar-refractivity contribution is 6.00. The molecule has 148 valence electrons. The molecule has 0 aliphatic heterocycles. The molecule has 2 aromatic rings. The summed E-state index contributed by atoms with van der Waals surface area (Å²) >= 11 is 0. The van der Waals surface area contributed by atoms with E-state index in [0.717, 1.165) is 12.1 Å². The van der Waals surface area contributed by atoms with E-state index in [2.05, 4.69) is 10.2 Å². The molecule has 0 radical (unpaired) electrons. The van der Waals surface area contributed by atoms with E-state index in [1.807, 2.05) is 0 Å². The van der Waals surface area contributed by atoms with Crippen molar-refractivity contribution in [2.24, 2.45) is 10.2 Å². The standard InChI is InChI=1S/C16H10F6N4O2/c17-15(18,19)13(27)23-10-6-7-11(26-25-9-4-2-1-3-5-9)12(8-10)24-14(28)16(20,21)22/h1-8H,(H,23,27)(H,24,28). The van der Waals surface area contributed by atoms with E-state index in [-0.39, 0.29) is 5.69 Å². The van der Waals surface area contributed by atoms with Gasteiger partial charge in [0.15, 0.2) is 0 Å². The third kappa shape index (κ3) is 5.79. The maximum atomic E-state index is 12.5. The molecule has 2 N–H and O–H groups in total. The molecule has 2 amide bonds. The van der Waals surface area contributed by atoms with Gasteiger partial charge in [-0.1, -0.05) is 18.2 Å². The first-order chi connectivity index (χ1) is 13.0. The molecular formula is C16H10F6N4O2. The maximum Gasteiger partial charge on any atom is 0.471 e. The summed E-state index contributed by atoms with van der Waals surface area (Å²) in [5, 5.41) is 10.4. The number of rotatable bonds is 4. The van der Waals surface area contributed by atoms with E-state index >= 15 is 0 Å². The summed E-state index contributed by atoms with van der Waals surface area (Å²) < 4.78 is 74.5. The first kappa shape index (κ1) is 20.9. The Morgan fingerprint density at radius 3 is 1.89 bits per heavy atom. The van der Waals surface area contributed by atoms with Crippen LogP contribution >= 0.6 is 0 Å². The Hall–Kier alpha value is -3.44. The van der Waals surface area contributed by atoms with Gasteiger partial charge < -0.3 is 10.6 Å². The Morgan fingerprint density at radius 1 is 0.750 bits per heavy atom. The summed E-state index contributed by atoms with van der Waals surface area (Å²) in [4.78, 5) is 22.2. The molecule has 0 aromatic heterocycles. The van der Waals surface area contributed by atoms with Crippen molar-refractivity contribution in [3.63, 3.8) is 0 Å². The summed E-state index contributed by atoms with van der Waals surface area (Å²) in [6.45, 7) is 0. The molecule has 0 aliphatic rings. The van der Waals surface area contributed by atoms with Crippen molar-refractivity contribution in [3.8, 4) is 0 Å². The van der Waals surface area contributed by atoms with Gasteiger partial charge >= 0.3 is 24.2 Å². The number of anilines is 2. The Kier molecular flexibility index (Phi) is 6.01. The summed E-state index contributed by atoms with van der Waals surface area (Å²) in [6.07, 6.45) is -10.5. The number of nitrogens with one attached hydrogen (secondary N) is 2. The second kappa shape index (κ2) is 8.06. The van der Waals surface area contributed by atoms with Crippen LogP contribution in [0.25, 0.3) is 0 Å². The fraction of sp³-hybridized carbons (Fsp3) is 0.125. The first-order valence-electron chi connectivity index (χ1n) is 7.34. The van der Waals surface area contributed by atoms with Crippen molar-refractivity contribution < 1.29 is 35.9 Å². The molecule has 12 heteroatoms. The van der Waals surface area contributed by atoms with Crippen LogP contribution in [0.1, 0.15) is 0 Å². The number of carbonyl (C=O) groups excluding carboxylic acids is 2. The van der Waals surface area contributed by atoms with Crippen molar-refractivity contribution in [2.75, 3.05) is 10.6 Å². The minimum absolute atomic E-state index is 0.272. The average Bonchev–Trinajstić information content (AvgIpc) is 2.60. The highest BCUT2D eigenvalue weighted by atomic mass is 19.4. The van der Waals surface area contributed by atoms with Gasteiger partial charge in [-0.25, -0.2) is 0 Å². The highest BCUT2D eigenvalue weighted by Crippen LogP contribution is 2.32. The third-order valence-corrected chi connectivity index (χ3v) is 3.05.